The lowest BCUT2D eigenvalue weighted by Crippen LogP contribution is -2.41. The molecule has 6 heteroatoms. The number of carbonyl (C=O) groups excluding carboxylic acids is 1. The highest BCUT2D eigenvalue weighted by Crippen LogP contribution is 2.25. The van der Waals surface area contributed by atoms with E-state index < -0.39 is 0 Å². The van der Waals surface area contributed by atoms with Gasteiger partial charge < -0.3 is 4.90 Å². The first-order valence-electron chi connectivity index (χ1n) is 5.83. The summed E-state index contributed by atoms with van der Waals surface area (Å²) in [5.41, 5.74) is 0.443. The second-order valence-electron chi connectivity index (χ2n) is 4.14. The Morgan fingerprint density at radius 3 is 3.11 bits per heavy atom. The molecule has 0 spiro atoms. The van der Waals surface area contributed by atoms with E-state index in [4.69, 9.17) is 23.2 Å². The molecule has 0 aliphatic carbocycles. The molecule has 1 amide bonds. The summed E-state index contributed by atoms with van der Waals surface area (Å²) in [4.78, 5) is 18.1. The number of aromatic nitrogens is 1. The van der Waals surface area contributed by atoms with Gasteiger partial charge in [0.05, 0.1) is 10.6 Å². The minimum Gasteiger partial charge on any atom is -0.337 e. The van der Waals surface area contributed by atoms with Gasteiger partial charge in [-0.25, -0.2) is 4.98 Å². The number of nitrogens with zero attached hydrogens (tertiary/aromatic N) is 2. The highest BCUT2D eigenvalue weighted by atomic mass is 35.5. The maximum Gasteiger partial charge on any atom is 0.255 e. The van der Waals surface area contributed by atoms with Gasteiger partial charge in [0.25, 0.3) is 5.91 Å². The van der Waals surface area contributed by atoms with Gasteiger partial charge in [-0.3, -0.25) is 4.79 Å². The van der Waals surface area contributed by atoms with Crippen LogP contribution in [-0.4, -0.2) is 39.9 Å². The molecule has 0 N–H and O–H groups in total. The molecule has 2 rings (SSSR count). The van der Waals surface area contributed by atoms with Crippen LogP contribution < -0.4 is 0 Å². The van der Waals surface area contributed by atoms with Crippen molar-refractivity contribution in [2.45, 2.75) is 18.6 Å². The second-order valence-corrected chi connectivity index (χ2v) is 6.34. The summed E-state index contributed by atoms with van der Waals surface area (Å²) in [5.74, 6) is 0.920. The standard InChI is InChI=1S/C12H14Cl2N2OS/c1-2-8-7-16(3-4-18-8)12(17)9-5-11(14)15-6-10(9)13/h5-6,8H,2-4,7H2,1H3. The van der Waals surface area contributed by atoms with Gasteiger partial charge in [-0.2, -0.15) is 11.8 Å². The quantitative estimate of drug-likeness (QED) is 0.786. The number of hydrogen-bond acceptors (Lipinski definition) is 3. The minimum absolute atomic E-state index is 0.0527. The Morgan fingerprint density at radius 1 is 1.61 bits per heavy atom. The number of halogens is 2. The van der Waals surface area contributed by atoms with Gasteiger partial charge in [-0.15, -0.1) is 0 Å². The van der Waals surface area contributed by atoms with E-state index in [2.05, 4.69) is 11.9 Å². The van der Waals surface area contributed by atoms with E-state index in [-0.39, 0.29) is 5.91 Å². The predicted octanol–water partition coefficient (Wildman–Crippen LogP) is 3.36. The third-order valence-electron chi connectivity index (χ3n) is 2.93. The summed E-state index contributed by atoms with van der Waals surface area (Å²) < 4.78 is 0. The molecule has 1 aliphatic heterocycles. The fourth-order valence-corrected chi connectivity index (χ4v) is 3.42. The molecular formula is C12H14Cl2N2OS. The van der Waals surface area contributed by atoms with E-state index in [1.165, 1.54) is 12.3 Å². The number of thioether (sulfide) groups is 1. The van der Waals surface area contributed by atoms with E-state index in [0.29, 0.717) is 21.0 Å². The fourth-order valence-electron chi connectivity index (χ4n) is 1.90. The lowest BCUT2D eigenvalue weighted by molar-refractivity contribution is 0.0761. The highest BCUT2D eigenvalue weighted by Gasteiger charge is 2.25. The van der Waals surface area contributed by atoms with Crippen molar-refractivity contribution in [3.63, 3.8) is 0 Å². The predicted molar refractivity (Wildman–Crippen MR) is 76.7 cm³/mol. The second kappa shape index (κ2) is 6.13. The normalized spacial score (nSPS) is 19.9. The molecule has 18 heavy (non-hydrogen) atoms. The molecule has 1 fully saturated rings. The van der Waals surface area contributed by atoms with Gasteiger partial charge in [-0.1, -0.05) is 30.1 Å². The molecular weight excluding hydrogens is 291 g/mol. The van der Waals surface area contributed by atoms with Crippen molar-refractivity contribution in [3.8, 4) is 0 Å². The van der Waals surface area contributed by atoms with E-state index in [1.807, 2.05) is 16.7 Å². The summed E-state index contributed by atoms with van der Waals surface area (Å²) >= 11 is 13.7. The molecule has 0 saturated carbocycles. The molecule has 98 valence electrons. The van der Waals surface area contributed by atoms with Crippen molar-refractivity contribution in [1.29, 1.82) is 0 Å². The van der Waals surface area contributed by atoms with Crippen LogP contribution in [0.4, 0.5) is 0 Å². The van der Waals surface area contributed by atoms with Crippen LogP contribution in [0.2, 0.25) is 10.2 Å². The molecule has 0 bridgehead atoms. The molecule has 1 unspecified atom stereocenters. The summed E-state index contributed by atoms with van der Waals surface area (Å²) in [5, 5.41) is 1.16. The van der Waals surface area contributed by atoms with Crippen LogP contribution in [0.3, 0.4) is 0 Å². The zero-order chi connectivity index (χ0) is 13.1. The maximum absolute atomic E-state index is 12.4. The molecule has 1 aliphatic rings. The number of pyridine rings is 1. The number of amides is 1. The van der Waals surface area contributed by atoms with E-state index in [1.54, 1.807) is 0 Å². The van der Waals surface area contributed by atoms with Gasteiger partial charge in [0.15, 0.2) is 0 Å². The fraction of sp³-hybridized carbons (Fsp3) is 0.500. The average Bonchev–Trinajstić information content (AvgIpc) is 2.41. The van der Waals surface area contributed by atoms with Crippen LogP contribution in [0.15, 0.2) is 12.3 Å². The zero-order valence-electron chi connectivity index (χ0n) is 10.0. The van der Waals surface area contributed by atoms with Crippen LogP contribution in [-0.2, 0) is 0 Å². The Kier molecular flexibility index (Phi) is 4.76. The van der Waals surface area contributed by atoms with Gasteiger partial charge >= 0.3 is 0 Å². The monoisotopic (exact) mass is 304 g/mol. The summed E-state index contributed by atoms with van der Waals surface area (Å²) in [6.07, 6.45) is 2.49. The summed E-state index contributed by atoms with van der Waals surface area (Å²) in [6, 6.07) is 1.54. The maximum atomic E-state index is 12.4. The first kappa shape index (κ1) is 14.0. The number of rotatable bonds is 2. The number of hydrogen-bond donors (Lipinski definition) is 0. The van der Waals surface area contributed by atoms with Crippen LogP contribution in [0.1, 0.15) is 23.7 Å². The summed E-state index contributed by atoms with van der Waals surface area (Å²) in [7, 11) is 0. The smallest absolute Gasteiger partial charge is 0.255 e. The Bertz CT molecular complexity index is 456. The molecule has 1 saturated heterocycles. The Balaban J connectivity index is 2.17. The van der Waals surface area contributed by atoms with Gasteiger partial charge in [0.2, 0.25) is 0 Å². The third-order valence-corrected chi connectivity index (χ3v) is 4.81. The molecule has 0 aromatic carbocycles. The topological polar surface area (TPSA) is 33.2 Å². The van der Waals surface area contributed by atoms with Crippen LogP contribution >= 0.6 is 35.0 Å². The lowest BCUT2D eigenvalue weighted by Gasteiger charge is -2.32. The number of carbonyl (C=O) groups is 1. The van der Waals surface area contributed by atoms with Crippen molar-refractivity contribution in [2.75, 3.05) is 18.8 Å². The van der Waals surface area contributed by atoms with Crippen molar-refractivity contribution >= 4 is 40.9 Å². The SMILES string of the molecule is CCC1CN(C(=O)c2cc(Cl)ncc2Cl)CCS1. The van der Waals surface area contributed by atoms with Crippen molar-refractivity contribution in [1.82, 2.24) is 9.88 Å². The molecule has 3 nitrogen and oxygen atoms in total. The molecule has 2 heterocycles. The Morgan fingerprint density at radius 2 is 2.39 bits per heavy atom. The Hall–Kier alpha value is -0.450. The molecule has 1 aromatic rings. The van der Waals surface area contributed by atoms with Crippen molar-refractivity contribution in [3.05, 3.63) is 28.0 Å². The Labute approximate surface area is 121 Å². The molecule has 0 radical (unpaired) electrons. The van der Waals surface area contributed by atoms with Gasteiger partial charge in [0, 0.05) is 30.3 Å². The van der Waals surface area contributed by atoms with Gasteiger partial charge in [-0.05, 0) is 12.5 Å². The average molecular weight is 305 g/mol. The van der Waals surface area contributed by atoms with Crippen molar-refractivity contribution in [2.24, 2.45) is 0 Å². The first-order chi connectivity index (χ1) is 8.61. The van der Waals surface area contributed by atoms with Crippen molar-refractivity contribution < 1.29 is 4.79 Å². The minimum atomic E-state index is -0.0527. The van der Waals surface area contributed by atoms with Gasteiger partial charge in [0.1, 0.15) is 5.15 Å². The molecule has 1 aromatic heterocycles. The van der Waals surface area contributed by atoms with Crippen LogP contribution in [0, 0.1) is 0 Å². The molecule has 1 atom stereocenters. The van der Waals surface area contributed by atoms with Crippen LogP contribution in [0.25, 0.3) is 0 Å². The van der Waals surface area contributed by atoms with E-state index >= 15 is 0 Å². The van der Waals surface area contributed by atoms with E-state index in [0.717, 1.165) is 25.3 Å². The first-order valence-corrected chi connectivity index (χ1v) is 7.64. The largest absolute Gasteiger partial charge is 0.337 e. The summed E-state index contributed by atoms with van der Waals surface area (Å²) in [6.45, 7) is 3.68. The lowest BCUT2D eigenvalue weighted by atomic mass is 10.2. The third kappa shape index (κ3) is 3.11. The zero-order valence-corrected chi connectivity index (χ0v) is 12.4. The van der Waals surface area contributed by atoms with E-state index in [9.17, 15) is 4.79 Å². The highest BCUT2D eigenvalue weighted by molar-refractivity contribution is 8.00. The van der Waals surface area contributed by atoms with Crippen LogP contribution in [0.5, 0.6) is 0 Å².